The van der Waals surface area contributed by atoms with Gasteiger partial charge in [-0.2, -0.15) is 0 Å². The number of amides is 2. The lowest BCUT2D eigenvalue weighted by molar-refractivity contribution is -0.125. The van der Waals surface area contributed by atoms with E-state index in [0.717, 1.165) is 5.56 Å². The van der Waals surface area contributed by atoms with Crippen LogP contribution in [-0.2, 0) is 19.6 Å². The molecule has 0 aliphatic rings. The minimum absolute atomic E-state index is 0.0876. The molecule has 0 radical (unpaired) electrons. The zero-order valence-electron chi connectivity index (χ0n) is 12.0. The molecule has 116 valence electrons. The number of likely N-dealkylation sites (N-methyl/N-ethyl adjacent to an activating group) is 1. The summed E-state index contributed by atoms with van der Waals surface area (Å²) in [5.41, 5.74) is 0.939. The monoisotopic (exact) mass is 313 g/mol. The standard InChI is InChI=1S/C13H19N3O4S/c1-3-14-12(17)8-15-13(18)9-16-21(19,20)11-6-4-10(2)5-7-11/h4-7,16H,3,8-9H2,1-2H3,(H,14,17)(H,15,18). The molecule has 0 heterocycles. The van der Waals surface area contributed by atoms with Crippen LogP contribution in [0.5, 0.6) is 0 Å². The van der Waals surface area contributed by atoms with Crippen molar-refractivity contribution in [3.05, 3.63) is 29.8 Å². The van der Waals surface area contributed by atoms with Crippen molar-refractivity contribution in [1.29, 1.82) is 0 Å². The first-order valence-electron chi connectivity index (χ1n) is 6.45. The maximum absolute atomic E-state index is 11.9. The lowest BCUT2D eigenvalue weighted by atomic mass is 10.2. The third kappa shape index (κ3) is 5.92. The SMILES string of the molecule is CCNC(=O)CNC(=O)CNS(=O)(=O)c1ccc(C)cc1. The van der Waals surface area contributed by atoms with Crippen LogP contribution in [0.4, 0.5) is 0 Å². The van der Waals surface area contributed by atoms with Gasteiger partial charge in [0.05, 0.1) is 18.0 Å². The van der Waals surface area contributed by atoms with E-state index in [1.165, 1.54) is 12.1 Å². The first kappa shape index (κ1) is 17.1. The van der Waals surface area contributed by atoms with Crippen molar-refractivity contribution in [1.82, 2.24) is 15.4 Å². The van der Waals surface area contributed by atoms with E-state index in [-0.39, 0.29) is 17.3 Å². The molecule has 0 aliphatic carbocycles. The van der Waals surface area contributed by atoms with Gasteiger partial charge < -0.3 is 10.6 Å². The first-order chi connectivity index (χ1) is 9.85. The molecule has 3 N–H and O–H groups in total. The van der Waals surface area contributed by atoms with Crippen molar-refractivity contribution in [2.75, 3.05) is 19.6 Å². The predicted molar refractivity (Wildman–Crippen MR) is 78.1 cm³/mol. The summed E-state index contributed by atoms with van der Waals surface area (Å²) in [5, 5.41) is 4.83. The van der Waals surface area contributed by atoms with Crippen LogP contribution < -0.4 is 15.4 Å². The molecule has 1 rings (SSSR count). The lowest BCUT2D eigenvalue weighted by Crippen LogP contribution is -2.41. The van der Waals surface area contributed by atoms with Gasteiger partial charge in [-0.05, 0) is 26.0 Å². The van der Waals surface area contributed by atoms with Gasteiger partial charge in [0.1, 0.15) is 0 Å². The normalized spacial score (nSPS) is 11.0. The number of carbonyl (C=O) groups is 2. The summed E-state index contributed by atoms with van der Waals surface area (Å²) in [6.45, 7) is 3.47. The third-order valence-electron chi connectivity index (χ3n) is 2.57. The average molecular weight is 313 g/mol. The molecule has 7 nitrogen and oxygen atoms in total. The summed E-state index contributed by atoms with van der Waals surface area (Å²) in [5.74, 6) is -0.899. The fourth-order valence-electron chi connectivity index (χ4n) is 1.46. The number of nitrogens with one attached hydrogen (secondary N) is 3. The fraction of sp³-hybridized carbons (Fsp3) is 0.385. The molecule has 1 aromatic rings. The number of hydrogen-bond acceptors (Lipinski definition) is 4. The summed E-state index contributed by atoms with van der Waals surface area (Å²) in [6, 6.07) is 6.27. The number of benzene rings is 1. The molecule has 0 bridgehead atoms. The van der Waals surface area contributed by atoms with Crippen molar-refractivity contribution in [2.24, 2.45) is 0 Å². The van der Waals surface area contributed by atoms with Crippen LogP contribution in [0.25, 0.3) is 0 Å². The Morgan fingerprint density at radius 1 is 1.00 bits per heavy atom. The van der Waals surface area contributed by atoms with Crippen LogP contribution in [0.2, 0.25) is 0 Å². The Hall–Kier alpha value is -1.93. The maximum atomic E-state index is 11.9. The van der Waals surface area contributed by atoms with Crippen LogP contribution in [0, 0.1) is 6.92 Å². The van der Waals surface area contributed by atoms with Gasteiger partial charge in [-0.3, -0.25) is 9.59 Å². The smallest absolute Gasteiger partial charge is 0.241 e. The lowest BCUT2D eigenvalue weighted by Gasteiger charge is -2.08. The van der Waals surface area contributed by atoms with Gasteiger partial charge >= 0.3 is 0 Å². The fourth-order valence-corrected chi connectivity index (χ4v) is 2.44. The van der Waals surface area contributed by atoms with Gasteiger partial charge in [-0.1, -0.05) is 17.7 Å². The molecular weight excluding hydrogens is 294 g/mol. The molecule has 0 saturated carbocycles. The largest absolute Gasteiger partial charge is 0.355 e. The highest BCUT2D eigenvalue weighted by molar-refractivity contribution is 7.89. The summed E-state index contributed by atoms with van der Waals surface area (Å²) < 4.78 is 26.0. The van der Waals surface area contributed by atoms with Crippen molar-refractivity contribution >= 4 is 21.8 Å². The molecule has 0 atom stereocenters. The van der Waals surface area contributed by atoms with Crippen molar-refractivity contribution in [2.45, 2.75) is 18.7 Å². The predicted octanol–water partition coefficient (Wildman–Crippen LogP) is -0.474. The van der Waals surface area contributed by atoms with Gasteiger partial charge in [0.25, 0.3) is 0 Å². The second-order valence-electron chi connectivity index (χ2n) is 4.37. The minimum Gasteiger partial charge on any atom is -0.355 e. The van der Waals surface area contributed by atoms with E-state index < -0.39 is 22.5 Å². The second kappa shape index (κ2) is 7.75. The molecular formula is C13H19N3O4S. The van der Waals surface area contributed by atoms with Crippen LogP contribution in [-0.4, -0.2) is 39.9 Å². The van der Waals surface area contributed by atoms with Crippen molar-refractivity contribution < 1.29 is 18.0 Å². The Labute approximate surface area is 124 Å². The summed E-state index contributed by atoms with van der Waals surface area (Å²) >= 11 is 0. The maximum Gasteiger partial charge on any atom is 0.241 e. The Morgan fingerprint density at radius 2 is 1.57 bits per heavy atom. The Bertz CT molecular complexity index is 596. The zero-order chi connectivity index (χ0) is 15.9. The Balaban J connectivity index is 2.48. The van der Waals surface area contributed by atoms with E-state index in [1.54, 1.807) is 19.1 Å². The molecule has 0 unspecified atom stereocenters. The molecule has 8 heteroatoms. The van der Waals surface area contributed by atoms with Crippen molar-refractivity contribution in [3.8, 4) is 0 Å². The number of aryl methyl sites for hydroxylation is 1. The Kier molecular flexibility index (Phi) is 6.32. The van der Waals surface area contributed by atoms with Gasteiger partial charge in [-0.25, -0.2) is 13.1 Å². The Morgan fingerprint density at radius 3 is 2.14 bits per heavy atom. The topological polar surface area (TPSA) is 104 Å². The highest BCUT2D eigenvalue weighted by Crippen LogP contribution is 2.09. The van der Waals surface area contributed by atoms with E-state index in [1.807, 2.05) is 6.92 Å². The van der Waals surface area contributed by atoms with E-state index in [2.05, 4.69) is 15.4 Å². The number of carbonyl (C=O) groups excluding carboxylic acids is 2. The number of rotatable bonds is 7. The van der Waals surface area contributed by atoms with Gasteiger partial charge in [0, 0.05) is 6.54 Å². The van der Waals surface area contributed by atoms with Gasteiger partial charge in [0.15, 0.2) is 0 Å². The second-order valence-corrected chi connectivity index (χ2v) is 6.13. The molecule has 0 saturated heterocycles. The van der Waals surface area contributed by atoms with Crippen molar-refractivity contribution in [3.63, 3.8) is 0 Å². The zero-order valence-corrected chi connectivity index (χ0v) is 12.8. The van der Waals surface area contributed by atoms with Crippen LogP contribution >= 0.6 is 0 Å². The van der Waals surface area contributed by atoms with Crippen LogP contribution in [0.3, 0.4) is 0 Å². The summed E-state index contributed by atoms with van der Waals surface area (Å²) in [4.78, 5) is 22.7. The molecule has 2 amide bonds. The molecule has 1 aromatic carbocycles. The number of sulfonamides is 1. The highest BCUT2D eigenvalue weighted by Gasteiger charge is 2.15. The molecule has 0 fully saturated rings. The molecule has 0 spiro atoms. The van der Waals surface area contributed by atoms with E-state index in [0.29, 0.717) is 6.54 Å². The molecule has 21 heavy (non-hydrogen) atoms. The molecule has 0 aromatic heterocycles. The average Bonchev–Trinajstić information content (AvgIpc) is 2.44. The van der Waals surface area contributed by atoms with Gasteiger partial charge in [0.2, 0.25) is 21.8 Å². The number of hydrogen-bond donors (Lipinski definition) is 3. The van der Waals surface area contributed by atoms with E-state index >= 15 is 0 Å². The van der Waals surface area contributed by atoms with Crippen LogP contribution in [0.15, 0.2) is 29.2 Å². The van der Waals surface area contributed by atoms with E-state index in [9.17, 15) is 18.0 Å². The highest BCUT2D eigenvalue weighted by atomic mass is 32.2. The van der Waals surface area contributed by atoms with Gasteiger partial charge in [-0.15, -0.1) is 0 Å². The van der Waals surface area contributed by atoms with E-state index in [4.69, 9.17) is 0 Å². The summed E-state index contributed by atoms with van der Waals surface area (Å²) in [7, 11) is -3.73. The minimum atomic E-state index is -3.73. The third-order valence-corrected chi connectivity index (χ3v) is 3.99. The summed E-state index contributed by atoms with van der Waals surface area (Å²) in [6.07, 6.45) is 0. The molecule has 0 aliphatic heterocycles. The first-order valence-corrected chi connectivity index (χ1v) is 7.93. The quantitative estimate of drug-likeness (QED) is 0.632. The van der Waals surface area contributed by atoms with Crippen LogP contribution in [0.1, 0.15) is 12.5 Å².